The second-order valence-corrected chi connectivity index (χ2v) is 4.72. The molecule has 1 fully saturated rings. The van der Waals surface area contributed by atoms with E-state index >= 15 is 0 Å². The van der Waals surface area contributed by atoms with Crippen LogP contribution in [0, 0.1) is 12.8 Å². The van der Waals surface area contributed by atoms with Crippen LogP contribution in [-0.2, 0) is 0 Å². The number of hydrogen-bond acceptors (Lipinski definition) is 0. The van der Waals surface area contributed by atoms with Gasteiger partial charge in [-0.15, -0.1) is 0 Å². The molecule has 2 rings (SSSR count). The molecule has 0 heteroatoms. The SMILES string of the molecule is Cc1ccccc1[C@H]1CCCC[C@@H]1C. The summed E-state index contributed by atoms with van der Waals surface area (Å²) in [5, 5.41) is 0. The maximum Gasteiger partial charge on any atom is -0.0134 e. The van der Waals surface area contributed by atoms with E-state index in [-0.39, 0.29) is 0 Å². The fraction of sp³-hybridized carbons (Fsp3) is 0.571. The van der Waals surface area contributed by atoms with Gasteiger partial charge in [0, 0.05) is 0 Å². The average Bonchev–Trinajstić information content (AvgIpc) is 2.20. The molecule has 0 unspecified atom stereocenters. The van der Waals surface area contributed by atoms with E-state index in [1.54, 1.807) is 5.56 Å². The molecule has 14 heavy (non-hydrogen) atoms. The zero-order valence-corrected chi connectivity index (χ0v) is 9.29. The summed E-state index contributed by atoms with van der Waals surface area (Å²) in [6, 6.07) is 8.90. The van der Waals surface area contributed by atoms with Gasteiger partial charge in [0.25, 0.3) is 0 Å². The molecular formula is C14H20. The van der Waals surface area contributed by atoms with Crippen molar-refractivity contribution in [2.24, 2.45) is 5.92 Å². The Morgan fingerprint density at radius 3 is 2.50 bits per heavy atom. The van der Waals surface area contributed by atoms with Crippen LogP contribution in [0.4, 0.5) is 0 Å². The quantitative estimate of drug-likeness (QED) is 0.616. The van der Waals surface area contributed by atoms with Crippen LogP contribution in [0.1, 0.15) is 49.7 Å². The van der Waals surface area contributed by atoms with Crippen LogP contribution in [0.2, 0.25) is 0 Å². The average molecular weight is 188 g/mol. The van der Waals surface area contributed by atoms with Crippen LogP contribution in [-0.4, -0.2) is 0 Å². The Labute approximate surface area is 87.3 Å². The first-order valence-corrected chi connectivity index (χ1v) is 5.84. The van der Waals surface area contributed by atoms with Gasteiger partial charge >= 0.3 is 0 Å². The van der Waals surface area contributed by atoms with Crippen molar-refractivity contribution >= 4 is 0 Å². The summed E-state index contributed by atoms with van der Waals surface area (Å²) in [4.78, 5) is 0. The van der Waals surface area contributed by atoms with Gasteiger partial charge in [-0.1, -0.05) is 50.5 Å². The third kappa shape index (κ3) is 1.84. The normalized spacial score (nSPS) is 27.6. The van der Waals surface area contributed by atoms with Crippen molar-refractivity contribution in [1.29, 1.82) is 0 Å². The lowest BCUT2D eigenvalue weighted by atomic mass is 9.75. The van der Waals surface area contributed by atoms with Gasteiger partial charge in [0.15, 0.2) is 0 Å². The Balaban J connectivity index is 2.25. The third-order valence-corrected chi connectivity index (χ3v) is 3.70. The molecule has 0 nitrogen and oxygen atoms in total. The van der Waals surface area contributed by atoms with Crippen LogP contribution < -0.4 is 0 Å². The summed E-state index contributed by atoms with van der Waals surface area (Å²) >= 11 is 0. The number of rotatable bonds is 1. The highest BCUT2D eigenvalue weighted by Gasteiger charge is 2.23. The fourth-order valence-corrected chi connectivity index (χ4v) is 2.78. The highest BCUT2D eigenvalue weighted by molar-refractivity contribution is 5.29. The van der Waals surface area contributed by atoms with Gasteiger partial charge in [0.1, 0.15) is 0 Å². The fourth-order valence-electron chi connectivity index (χ4n) is 2.78. The van der Waals surface area contributed by atoms with E-state index in [1.807, 2.05) is 0 Å². The number of hydrogen-bond donors (Lipinski definition) is 0. The van der Waals surface area contributed by atoms with Crippen molar-refractivity contribution < 1.29 is 0 Å². The van der Waals surface area contributed by atoms with Crippen LogP contribution in [0.5, 0.6) is 0 Å². The van der Waals surface area contributed by atoms with E-state index in [1.165, 1.54) is 31.2 Å². The lowest BCUT2D eigenvalue weighted by Gasteiger charge is -2.30. The molecule has 0 N–H and O–H groups in total. The van der Waals surface area contributed by atoms with Crippen molar-refractivity contribution in [3.63, 3.8) is 0 Å². The standard InChI is InChI=1S/C14H20/c1-11-7-3-5-9-13(11)14-10-6-4-8-12(14)2/h3,5,7,9,12,14H,4,6,8,10H2,1-2H3/t12-,14-/m0/s1. The Morgan fingerprint density at radius 1 is 1.07 bits per heavy atom. The molecule has 0 aromatic heterocycles. The Bertz CT molecular complexity index is 301. The van der Waals surface area contributed by atoms with Crippen LogP contribution in [0.15, 0.2) is 24.3 Å². The zero-order valence-electron chi connectivity index (χ0n) is 9.29. The van der Waals surface area contributed by atoms with Crippen molar-refractivity contribution in [2.75, 3.05) is 0 Å². The topological polar surface area (TPSA) is 0 Å². The minimum atomic E-state index is 0.824. The van der Waals surface area contributed by atoms with E-state index in [4.69, 9.17) is 0 Å². The molecule has 0 saturated heterocycles. The molecular weight excluding hydrogens is 168 g/mol. The molecule has 76 valence electrons. The Kier molecular flexibility index (Phi) is 2.90. The predicted octanol–water partition coefficient (Wildman–Crippen LogP) is 4.29. The molecule has 0 spiro atoms. The highest BCUT2D eigenvalue weighted by Crippen LogP contribution is 2.38. The maximum atomic E-state index is 2.41. The van der Waals surface area contributed by atoms with Crippen molar-refractivity contribution in [1.82, 2.24) is 0 Å². The monoisotopic (exact) mass is 188 g/mol. The van der Waals surface area contributed by atoms with Crippen molar-refractivity contribution in [2.45, 2.75) is 45.4 Å². The molecule has 0 bridgehead atoms. The van der Waals surface area contributed by atoms with Crippen molar-refractivity contribution in [3.05, 3.63) is 35.4 Å². The molecule has 2 atom stereocenters. The molecule has 0 aliphatic heterocycles. The summed E-state index contributed by atoms with van der Waals surface area (Å²) in [6.45, 7) is 4.66. The van der Waals surface area contributed by atoms with E-state index in [0.29, 0.717) is 0 Å². The first-order chi connectivity index (χ1) is 6.79. The third-order valence-electron chi connectivity index (χ3n) is 3.70. The first-order valence-electron chi connectivity index (χ1n) is 5.84. The molecule has 0 radical (unpaired) electrons. The molecule has 1 saturated carbocycles. The lowest BCUT2D eigenvalue weighted by Crippen LogP contribution is -2.15. The van der Waals surface area contributed by atoms with Crippen LogP contribution >= 0.6 is 0 Å². The minimum absolute atomic E-state index is 0.824. The zero-order chi connectivity index (χ0) is 9.97. The molecule has 0 heterocycles. The smallest absolute Gasteiger partial charge is 0.0134 e. The summed E-state index contributed by atoms with van der Waals surface area (Å²) in [6.07, 6.45) is 5.66. The molecule has 1 aromatic rings. The summed E-state index contributed by atoms with van der Waals surface area (Å²) in [7, 11) is 0. The maximum absolute atomic E-state index is 2.41. The van der Waals surface area contributed by atoms with Gasteiger partial charge in [-0.05, 0) is 36.3 Å². The first kappa shape index (κ1) is 9.76. The molecule has 1 aromatic carbocycles. The lowest BCUT2D eigenvalue weighted by molar-refractivity contribution is 0.330. The Hall–Kier alpha value is -0.780. The van der Waals surface area contributed by atoms with E-state index in [2.05, 4.69) is 38.1 Å². The summed E-state index contributed by atoms with van der Waals surface area (Å²) < 4.78 is 0. The van der Waals surface area contributed by atoms with Gasteiger partial charge in [0.2, 0.25) is 0 Å². The number of benzene rings is 1. The van der Waals surface area contributed by atoms with E-state index < -0.39 is 0 Å². The summed E-state index contributed by atoms with van der Waals surface area (Å²) in [5.41, 5.74) is 3.07. The van der Waals surface area contributed by atoms with E-state index in [0.717, 1.165) is 11.8 Å². The molecule has 0 amide bonds. The van der Waals surface area contributed by atoms with Gasteiger partial charge in [-0.25, -0.2) is 0 Å². The Morgan fingerprint density at radius 2 is 1.79 bits per heavy atom. The van der Waals surface area contributed by atoms with Gasteiger partial charge in [-0.2, -0.15) is 0 Å². The second-order valence-electron chi connectivity index (χ2n) is 4.72. The number of aryl methyl sites for hydroxylation is 1. The van der Waals surface area contributed by atoms with Crippen LogP contribution in [0.3, 0.4) is 0 Å². The summed E-state index contributed by atoms with van der Waals surface area (Å²) in [5.74, 6) is 1.70. The highest BCUT2D eigenvalue weighted by atomic mass is 14.3. The largest absolute Gasteiger partial charge is 0.0620 e. The van der Waals surface area contributed by atoms with Crippen molar-refractivity contribution in [3.8, 4) is 0 Å². The van der Waals surface area contributed by atoms with Crippen LogP contribution in [0.25, 0.3) is 0 Å². The molecule has 1 aliphatic rings. The predicted molar refractivity (Wildman–Crippen MR) is 61.6 cm³/mol. The molecule has 1 aliphatic carbocycles. The van der Waals surface area contributed by atoms with Gasteiger partial charge < -0.3 is 0 Å². The minimum Gasteiger partial charge on any atom is -0.0620 e. The van der Waals surface area contributed by atoms with E-state index in [9.17, 15) is 0 Å². The second kappa shape index (κ2) is 4.16. The van der Waals surface area contributed by atoms with Gasteiger partial charge in [-0.3, -0.25) is 0 Å². The van der Waals surface area contributed by atoms with Gasteiger partial charge in [0.05, 0.1) is 0 Å².